The zero-order chi connectivity index (χ0) is 15.2. The monoisotopic (exact) mass is 299 g/mol. The number of hydrogen-bond acceptors (Lipinski definition) is 4. The summed E-state index contributed by atoms with van der Waals surface area (Å²) in [7, 11) is 0. The van der Waals surface area contributed by atoms with Crippen LogP contribution in [0.15, 0.2) is 42.5 Å². The van der Waals surface area contributed by atoms with Gasteiger partial charge in [0.15, 0.2) is 11.5 Å². The summed E-state index contributed by atoms with van der Waals surface area (Å²) in [6.45, 7) is 4.81. The zero-order valence-electron chi connectivity index (χ0n) is 12.8. The van der Waals surface area contributed by atoms with Crippen molar-refractivity contribution in [1.82, 2.24) is 5.32 Å². The first kappa shape index (κ1) is 14.7. The number of hydrogen-bond donors (Lipinski definition) is 1. The first-order valence-corrected chi connectivity index (χ1v) is 7.66. The quantitative estimate of drug-likeness (QED) is 0.849. The summed E-state index contributed by atoms with van der Waals surface area (Å²) in [6.07, 6.45) is 1.03. The van der Waals surface area contributed by atoms with E-state index in [4.69, 9.17) is 14.2 Å². The summed E-state index contributed by atoms with van der Waals surface area (Å²) in [5.74, 6) is 2.59. The second kappa shape index (κ2) is 7.18. The molecule has 4 nitrogen and oxygen atoms in total. The van der Waals surface area contributed by atoms with Crippen LogP contribution in [0.4, 0.5) is 0 Å². The lowest BCUT2D eigenvalue weighted by molar-refractivity contribution is 0.174. The van der Waals surface area contributed by atoms with Gasteiger partial charge in [-0.2, -0.15) is 0 Å². The third-order valence-electron chi connectivity index (χ3n) is 3.49. The molecule has 2 aromatic rings. The van der Waals surface area contributed by atoms with Crippen LogP contribution in [0.5, 0.6) is 17.2 Å². The zero-order valence-corrected chi connectivity index (χ0v) is 12.8. The topological polar surface area (TPSA) is 39.7 Å². The minimum atomic E-state index is 0.318. The lowest BCUT2D eigenvalue weighted by atomic mass is 10.2. The Morgan fingerprint density at radius 3 is 2.50 bits per heavy atom. The molecule has 3 rings (SSSR count). The molecule has 0 saturated heterocycles. The number of benzene rings is 2. The lowest BCUT2D eigenvalue weighted by Crippen LogP contribution is -2.12. The maximum Gasteiger partial charge on any atom is 0.231 e. The van der Waals surface area contributed by atoms with Crippen LogP contribution in [-0.2, 0) is 13.1 Å². The van der Waals surface area contributed by atoms with E-state index in [-0.39, 0.29) is 0 Å². The molecular formula is C18H21NO3. The number of fused-ring (bicyclic) bond motifs is 1. The van der Waals surface area contributed by atoms with Gasteiger partial charge in [0, 0.05) is 13.1 Å². The van der Waals surface area contributed by atoms with Gasteiger partial charge in [0.2, 0.25) is 6.79 Å². The van der Waals surface area contributed by atoms with E-state index >= 15 is 0 Å². The predicted molar refractivity (Wildman–Crippen MR) is 85.3 cm³/mol. The van der Waals surface area contributed by atoms with Crippen LogP contribution in [0, 0.1) is 0 Å². The minimum Gasteiger partial charge on any atom is -0.494 e. The Kier molecular flexibility index (Phi) is 4.81. The van der Waals surface area contributed by atoms with Crippen molar-refractivity contribution in [3.8, 4) is 17.2 Å². The average Bonchev–Trinajstić information content (AvgIpc) is 3.02. The van der Waals surface area contributed by atoms with Crippen molar-refractivity contribution in [2.45, 2.75) is 26.4 Å². The van der Waals surface area contributed by atoms with Crippen molar-refractivity contribution in [3.63, 3.8) is 0 Å². The highest BCUT2D eigenvalue weighted by atomic mass is 16.7. The van der Waals surface area contributed by atoms with Crippen LogP contribution in [0.3, 0.4) is 0 Å². The third-order valence-corrected chi connectivity index (χ3v) is 3.49. The van der Waals surface area contributed by atoms with E-state index in [2.05, 4.69) is 30.4 Å². The highest BCUT2D eigenvalue weighted by Gasteiger charge is 2.12. The average molecular weight is 299 g/mol. The van der Waals surface area contributed by atoms with E-state index in [0.717, 1.165) is 43.4 Å². The van der Waals surface area contributed by atoms with Gasteiger partial charge in [-0.1, -0.05) is 25.1 Å². The van der Waals surface area contributed by atoms with Gasteiger partial charge in [-0.05, 0) is 41.8 Å². The van der Waals surface area contributed by atoms with Crippen molar-refractivity contribution in [1.29, 1.82) is 0 Å². The van der Waals surface area contributed by atoms with Crippen molar-refractivity contribution < 1.29 is 14.2 Å². The van der Waals surface area contributed by atoms with Gasteiger partial charge < -0.3 is 19.5 Å². The van der Waals surface area contributed by atoms with Gasteiger partial charge in [0.25, 0.3) is 0 Å². The molecule has 0 amide bonds. The molecule has 0 fully saturated rings. The Morgan fingerprint density at radius 2 is 1.68 bits per heavy atom. The summed E-state index contributed by atoms with van der Waals surface area (Å²) in [5, 5.41) is 3.43. The molecule has 0 spiro atoms. The SMILES string of the molecule is CCCOc1ccc(CNCc2ccc3c(c2)OCO3)cc1. The second-order valence-electron chi connectivity index (χ2n) is 5.28. The van der Waals surface area contributed by atoms with E-state index in [0.29, 0.717) is 6.79 Å². The number of rotatable bonds is 7. The first-order valence-electron chi connectivity index (χ1n) is 7.66. The molecule has 0 aliphatic carbocycles. The Hall–Kier alpha value is -2.20. The van der Waals surface area contributed by atoms with Gasteiger partial charge in [-0.3, -0.25) is 0 Å². The molecule has 1 aliphatic heterocycles. The number of ether oxygens (including phenoxy) is 3. The van der Waals surface area contributed by atoms with E-state index < -0.39 is 0 Å². The van der Waals surface area contributed by atoms with Crippen molar-refractivity contribution in [2.75, 3.05) is 13.4 Å². The van der Waals surface area contributed by atoms with Gasteiger partial charge in [0.1, 0.15) is 5.75 Å². The molecule has 0 radical (unpaired) electrons. The largest absolute Gasteiger partial charge is 0.494 e. The third kappa shape index (κ3) is 3.71. The molecule has 116 valence electrons. The van der Waals surface area contributed by atoms with Crippen LogP contribution in [-0.4, -0.2) is 13.4 Å². The molecule has 0 atom stereocenters. The van der Waals surface area contributed by atoms with E-state index in [9.17, 15) is 0 Å². The van der Waals surface area contributed by atoms with E-state index in [1.807, 2.05) is 24.3 Å². The molecule has 2 aromatic carbocycles. The van der Waals surface area contributed by atoms with Gasteiger partial charge in [-0.25, -0.2) is 0 Å². The summed E-state index contributed by atoms with van der Waals surface area (Å²) >= 11 is 0. The Labute approximate surface area is 131 Å². The summed E-state index contributed by atoms with van der Waals surface area (Å²) < 4.78 is 16.3. The molecule has 0 aromatic heterocycles. The molecule has 1 heterocycles. The van der Waals surface area contributed by atoms with Crippen LogP contribution < -0.4 is 19.5 Å². The highest BCUT2D eigenvalue weighted by Crippen LogP contribution is 2.32. The highest BCUT2D eigenvalue weighted by molar-refractivity contribution is 5.44. The van der Waals surface area contributed by atoms with Crippen LogP contribution in [0.1, 0.15) is 24.5 Å². The maximum atomic E-state index is 5.58. The van der Waals surface area contributed by atoms with Crippen LogP contribution >= 0.6 is 0 Å². The number of nitrogens with one attached hydrogen (secondary N) is 1. The van der Waals surface area contributed by atoms with E-state index in [1.54, 1.807) is 0 Å². The molecule has 1 aliphatic rings. The normalized spacial score (nSPS) is 12.4. The molecular weight excluding hydrogens is 278 g/mol. The predicted octanol–water partition coefficient (Wildman–Crippen LogP) is 3.49. The maximum absolute atomic E-state index is 5.58. The summed E-state index contributed by atoms with van der Waals surface area (Å²) in [4.78, 5) is 0. The standard InChI is InChI=1S/C18H21NO3/c1-2-9-20-16-6-3-14(4-7-16)11-19-12-15-5-8-17-18(10-15)22-13-21-17/h3-8,10,19H,2,9,11-13H2,1H3. The smallest absolute Gasteiger partial charge is 0.231 e. The minimum absolute atomic E-state index is 0.318. The second-order valence-corrected chi connectivity index (χ2v) is 5.28. The van der Waals surface area contributed by atoms with E-state index in [1.165, 1.54) is 11.1 Å². The van der Waals surface area contributed by atoms with Gasteiger partial charge in [-0.15, -0.1) is 0 Å². The molecule has 0 bridgehead atoms. The fourth-order valence-corrected chi connectivity index (χ4v) is 2.33. The Balaban J connectivity index is 1.48. The molecule has 0 saturated carbocycles. The molecule has 22 heavy (non-hydrogen) atoms. The first-order chi connectivity index (χ1) is 10.8. The van der Waals surface area contributed by atoms with Gasteiger partial charge in [0.05, 0.1) is 6.61 Å². The Bertz CT molecular complexity index is 610. The van der Waals surface area contributed by atoms with Gasteiger partial charge >= 0.3 is 0 Å². The molecule has 4 heteroatoms. The van der Waals surface area contributed by atoms with Crippen molar-refractivity contribution in [3.05, 3.63) is 53.6 Å². The van der Waals surface area contributed by atoms with Crippen molar-refractivity contribution >= 4 is 0 Å². The van der Waals surface area contributed by atoms with Crippen LogP contribution in [0.25, 0.3) is 0 Å². The van der Waals surface area contributed by atoms with Crippen LogP contribution in [0.2, 0.25) is 0 Å². The van der Waals surface area contributed by atoms with Crippen molar-refractivity contribution in [2.24, 2.45) is 0 Å². The summed E-state index contributed by atoms with van der Waals surface area (Å²) in [6, 6.07) is 14.3. The Morgan fingerprint density at radius 1 is 0.955 bits per heavy atom. The fraction of sp³-hybridized carbons (Fsp3) is 0.333. The summed E-state index contributed by atoms with van der Waals surface area (Å²) in [5.41, 5.74) is 2.43. The molecule has 1 N–H and O–H groups in total. The molecule has 0 unspecified atom stereocenters. The lowest BCUT2D eigenvalue weighted by Gasteiger charge is -2.08. The fourth-order valence-electron chi connectivity index (χ4n) is 2.33.